The molecule has 5 heteroatoms. The first-order valence-corrected chi connectivity index (χ1v) is 9.50. The molecule has 0 saturated heterocycles. The van der Waals surface area contributed by atoms with Crippen molar-refractivity contribution in [2.45, 2.75) is 36.3 Å². The summed E-state index contributed by atoms with van der Waals surface area (Å²) in [6, 6.07) is 15.1. The topological polar surface area (TPSA) is 60.4 Å². The quantitative estimate of drug-likeness (QED) is 0.680. The Bertz CT molecular complexity index is 765. The van der Waals surface area contributed by atoms with Crippen molar-refractivity contribution >= 4 is 15.6 Å². The largest absolute Gasteiger partial charge is 0.497 e. The van der Waals surface area contributed by atoms with Gasteiger partial charge < -0.3 is 4.74 Å². The van der Waals surface area contributed by atoms with Crippen LogP contribution in [0, 0.1) is 0 Å². The second kappa shape index (κ2) is 8.11. The van der Waals surface area contributed by atoms with Crippen LogP contribution in [0.15, 0.2) is 59.5 Å². The number of rotatable bonds is 8. The molecule has 0 heterocycles. The fraction of sp³-hybridized carbons (Fsp3) is 0.316. The zero-order valence-corrected chi connectivity index (χ0v) is 14.8. The van der Waals surface area contributed by atoms with Gasteiger partial charge in [0.1, 0.15) is 5.75 Å². The highest BCUT2D eigenvalue weighted by atomic mass is 32.2. The maximum Gasteiger partial charge on any atom is 0.181 e. The molecule has 0 spiro atoms. The number of Topliss-reactive ketones (excluding diaryl/α,β-unsaturated/α-hetero) is 1. The standard InChI is InChI=1S/C19H22O4S/c1-3-7-18(14-19(20)15-8-5-4-6-9-15)24(21,22)17-12-10-16(23-2)11-13-17/h4-6,8-13,18H,3,7,14H2,1-2H3/t18-/m0/s1. The zero-order valence-electron chi connectivity index (χ0n) is 13.9. The summed E-state index contributed by atoms with van der Waals surface area (Å²) < 4.78 is 30.9. The monoisotopic (exact) mass is 346 g/mol. The van der Waals surface area contributed by atoms with Gasteiger partial charge in [-0.15, -0.1) is 0 Å². The van der Waals surface area contributed by atoms with E-state index in [-0.39, 0.29) is 17.1 Å². The Labute approximate surface area is 143 Å². The molecule has 0 bridgehead atoms. The average molecular weight is 346 g/mol. The molecule has 0 aliphatic carbocycles. The van der Waals surface area contributed by atoms with Crippen molar-refractivity contribution in [3.05, 3.63) is 60.2 Å². The van der Waals surface area contributed by atoms with E-state index in [1.165, 1.54) is 19.2 Å². The van der Waals surface area contributed by atoms with Crippen LogP contribution in [0.25, 0.3) is 0 Å². The molecule has 0 aliphatic rings. The van der Waals surface area contributed by atoms with Crippen LogP contribution in [0.5, 0.6) is 5.75 Å². The van der Waals surface area contributed by atoms with Gasteiger partial charge in [0.25, 0.3) is 0 Å². The van der Waals surface area contributed by atoms with E-state index in [2.05, 4.69) is 0 Å². The lowest BCUT2D eigenvalue weighted by Gasteiger charge is -2.17. The number of carbonyl (C=O) groups is 1. The molecule has 0 unspecified atom stereocenters. The van der Waals surface area contributed by atoms with Gasteiger partial charge in [-0.05, 0) is 30.7 Å². The molecule has 2 aromatic rings. The van der Waals surface area contributed by atoms with Crippen LogP contribution >= 0.6 is 0 Å². The normalized spacial score (nSPS) is 12.6. The summed E-state index contributed by atoms with van der Waals surface area (Å²) in [5.74, 6) is 0.451. The molecule has 4 nitrogen and oxygen atoms in total. The first kappa shape index (κ1) is 18.2. The predicted molar refractivity (Wildman–Crippen MR) is 94.3 cm³/mol. The van der Waals surface area contributed by atoms with Crippen LogP contribution in [0.3, 0.4) is 0 Å². The lowest BCUT2D eigenvalue weighted by Crippen LogP contribution is -2.25. The Morgan fingerprint density at radius 1 is 1.04 bits per heavy atom. The Balaban J connectivity index is 2.26. The molecule has 1 atom stereocenters. The number of carbonyl (C=O) groups excluding carboxylic acids is 1. The lowest BCUT2D eigenvalue weighted by molar-refractivity contribution is 0.0980. The maximum absolute atomic E-state index is 12.9. The van der Waals surface area contributed by atoms with E-state index in [0.717, 1.165) is 0 Å². The molecule has 0 aromatic heterocycles. The minimum absolute atomic E-state index is 0.00772. The Kier molecular flexibility index (Phi) is 6.15. The van der Waals surface area contributed by atoms with Gasteiger partial charge in [0.05, 0.1) is 17.3 Å². The van der Waals surface area contributed by atoms with Crippen molar-refractivity contribution in [3.8, 4) is 5.75 Å². The van der Waals surface area contributed by atoms with Gasteiger partial charge in [-0.3, -0.25) is 4.79 Å². The Morgan fingerprint density at radius 3 is 2.21 bits per heavy atom. The van der Waals surface area contributed by atoms with Crippen LogP contribution in [0.2, 0.25) is 0 Å². The predicted octanol–water partition coefficient (Wildman–Crippen LogP) is 3.91. The summed E-state index contributed by atoms with van der Waals surface area (Å²) in [5.41, 5.74) is 0.545. The van der Waals surface area contributed by atoms with Gasteiger partial charge in [0, 0.05) is 12.0 Å². The van der Waals surface area contributed by atoms with Gasteiger partial charge in [-0.25, -0.2) is 8.42 Å². The fourth-order valence-corrected chi connectivity index (χ4v) is 4.41. The highest BCUT2D eigenvalue weighted by Gasteiger charge is 2.29. The number of ether oxygens (including phenoxy) is 1. The molecular formula is C19H22O4S. The molecule has 0 amide bonds. The molecule has 0 radical (unpaired) electrons. The molecule has 0 saturated carbocycles. The van der Waals surface area contributed by atoms with Crippen molar-refractivity contribution in [3.63, 3.8) is 0 Å². The number of sulfone groups is 1. The third-order valence-electron chi connectivity index (χ3n) is 3.95. The number of ketones is 1. The molecule has 0 N–H and O–H groups in total. The minimum atomic E-state index is -3.57. The second-order valence-corrected chi connectivity index (χ2v) is 7.85. The number of benzene rings is 2. The third-order valence-corrected chi connectivity index (χ3v) is 6.16. The zero-order chi connectivity index (χ0) is 17.6. The Hall–Kier alpha value is -2.14. The van der Waals surface area contributed by atoms with Crippen molar-refractivity contribution in [1.82, 2.24) is 0 Å². The molecular weight excluding hydrogens is 324 g/mol. The highest BCUT2D eigenvalue weighted by Crippen LogP contribution is 2.25. The summed E-state index contributed by atoms with van der Waals surface area (Å²) in [6.45, 7) is 1.92. The van der Waals surface area contributed by atoms with E-state index >= 15 is 0 Å². The minimum Gasteiger partial charge on any atom is -0.497 e. The lowest BCUT2D eigenvalue weighted by atomic mass is 10.0. The summed E-state index contributed by atoms with van der Waals surface area (Å²) >= 11 is 0. The first-order valence-electron chi connectivity index (χ1n) is 7.95. The number of methoxy groups -OCH3 is 1. The van der Waals surface area contributed by atoms with Gasteiger partial charge >= 0.3 is 0 Å². The van der Waals surface area contributed by atoms with Crippen molar-refractivity contribution in [2.24, 2.45) is 0 Å². The van der Waals surface area contributed by atoms with Crippen molar-refractivity contribution in [1.29, 1.82) is 0 Å². The molecule has 2 aromatic carbocycles. The van der Waals surface area contributed by atoms with Crippen LogP contribution in [0.1, 0.15) is 36.5 Å². The highest BCUT2D eigenvalue weighted by molar-refractivity contribution is 7.92. The van der Waals surface area contributed by atoms with Gasteiger partial charge in [0.2, 0.25) is 0 Å². The third kappa shape index (κ3) is 4.23. The van der Waals surface area contributed by atoms with E-state index in [1.807, 2.05) is 13.0 Å². The SMILES string of the molecule is CCC[C@@H](CC(=O)c1ccccc1)S(=O)(=O)c1ccc(OC)cc1. The van der Waals surface area contributed by atoms with E-state index in [0.29, 0.717) is 24.2 Å². The van der Waals surface area contributed by atoms with Crippen molar-refractivity contribution < 1.29 is 17.9 Å². The summed E-state index contributed by atoms with van der Waals surface area (Å²) in [7, 11) is -2.04. The van der Waals surface area contributed by atoms with E-state index in [9.17, 15) is 13.2 Å². The smallest absolute Gasteiger partial charge is 0.181 e. The van der Waals surface area contributed by atoms with Crippen LogP contribution in [0.4, 0.5) is 0 Å². The summed E-state index contributed by atoms with van der Waals surface area (Å²) in [4.78, 5) is 12.6. The second-order valence-electron chi connectivity index (χ2n) is 5.62. The molecule has 128 valence electrons. The average Bonchev–Trinajstić information content (AvgIpc) is 2.62. The number of hydrogen-bond donors (Lipinski definition) is 0. The van der Waals surface area contributed by atoms with E-state index in [4.69, 9.17) is 4.74 Å². The molecule has 24 heavy (non-hydrogen) atoms. The molecule has 0 fully saturated rings. The Morgan fingerprint density at radius 2 is 1.67 bits per heavy atom. The maximum atomic E-state index is 12.9. The van der Waals surface area contributed by atoms with Crippen LogP contribution in [-0.4, -0.2) is 26.6 Å². The van der Waals surface area contributed by atoms with Gasteiger partial charge in [-0.2, -0.15) is 0 Å². The first-order chi connectivity index (χ1) is 11.5. The van der Waals surface area contributed by atoms with E-state index < -0.39 is 15.1 Å². The number of hydrogen-bond acceptors (Lipinski definition) is 4. The molecule has 0 aliphatic heterocycles. The fourth-order valence-electron chi connectivity index (χ4n) is 2.60. The van der Waals surface area contributed by atoms with Crippen LogP contribution < -0.4 is 4.74 Å². The van der Waals surface area contributed by atoms with Crippen molar-refractivity contribution in [2.75, 3.05) is 7.11 Å². The van der Waals surface area contributed by atoms with E-state index in [1.54, 1.807) is 36.4 Å². The van der Waals surface area contributed by atoms with Gasteiger partial charge in [0.15, 0.2) is 15.6 Å². The summed E-state index contributed by atoms with van der Waals surface area (Å²) in [5, 5.41) is -0.719. The molecule has 2 rings (SSSR count). The van der Waals surface area contributed by atoms with Crippen LogP contribution in [-0.2, 0) is 9.84 Å². The summed E-state index contributed by atoms with van der Waals surface area (Å²) in [6.07, 6.45) is 1.14. The van der Waals surface area contributed by atoms with Gasteiger partial charge in [-0.1, -0.05) is 43.7 Å².